The van der Waals surface area contributed by atoms with Crippen LogP contribution in [0.15, 0.2) is 67.0 Å². The predicted molar refractivity (Wildman–Crippen MR) is 93.6 cm³/mol. The van der Waals surface area contributed by atoms with Gasteiger partial charge in [0.25, 0.3) is 0 Å². The highest BCUT2D eigenvalue weighted by Gasteiger charge is 2.24. The van der Waals surface area contributed by atoms with E-state index in [1.54, 1.807) is 10.9 Å². The summed E-state index contributed by atoms with van der Waals surface area (Å²) < 4.78 is 7.37. The Morgan fingerprint density at radius 2 is 2.12 bits per heavy atom. The summed E-state index contributed by atoms with van der Waals surface area (Å²) in [5.74, 6) is 0.833. The topological polar surface area (TPSA) is 68.2 Å². The summed E-state index contributed by atoms with van der Waals surface area (Å²) in [7, 11) is 0. The van der Waals surface area contributed by atoms with E-state index in [0.29, 0.717) is 13.2 Å². The number of aromatic nitrogens is 2. The van der Waals surface area contributed by atoms with Gasteiger partial charge >= 0.3 is 6.03 Å². The lowest BCUT2D eigenvalue weighted by atomic mass is 10.1. The van der Waals surface area contributed by atoms with Crippen LogP contribution < -0.4 is 15.4 Å². The van der Waals surface area contributed by atoms with E-state index in [0.717, 1.165) is 22.6 Å². The molecule has 1 unspecified atom stereocenters. The first-order chi connectivity index (χ1) is 12.3. The molecular weight excluding hydrogens is 316 g/mol. The van der Waals surface area contributed by atoms with Crippen LogP contribution in [-0.2, 0) is 6.54 Å². The van der Waals surface area contributed by atoms with Gasteiger partial charge in [-0.25, -0.2) is 9.48 Å². The number of ether oxygens (including phenoxy) is 1. The van der Waals surface area contributed by atoms with Gasteiger partial charge < -0.3 is 15.4 Å². The summed E-state index contributed by atoms with van der Waals surface area (Å²) in [5.41, 5.74) is 2.98. The van der Waals surface area contributed by atoms with E-state index in [-0.39, 0.29) is 12.1 Å². The van der Waals surface area contributed by atoms with Crippen molar-refractivity contribution >= 4 is 6.03 Å². The second kappa shape index (κ2) is 6.68. The molecule has 0 radical (unpaired) electrons. The van der Waals surface area contributed by atoms with Crippen LogP contribution in [0.25, 0.3) is 5.69 Å². The van der Waals surface area contributed by atoms with Crippen LogP contribution in [0.2, 0.25) is 0 Å². The molecule has 2 aromatic carbocycles. The number of fused-ring (bicyclic) bond motifs is 1. The molecule has 126 valence electrons. The number of nitrogens with one attached hydrogen (secondary N) is 2. The lowest BCUT2D eigenvalue weighted by Gasteiger charge is -2.13. The van der Waals surface area contributed by atoms with Crippen molar-refractivity contribution in [3.8, 4) is 11.4 Å². The molecule has 1 atom stereocenters. The van der Waals surface area contributed by atoms with E-state index in [4.69, 9.17) is 4.74 Å². The standard InChI is InChI=1S/C19H18N4O2/c24-19(22-17-13-25-18-8-2-1-7-16(17)18)20-12-14-5-3-6-15(11-14)23-10-4-9-21-23/h1-11,17H,12-13H2,(H2,20,22,24). The second-order valence-corrected chi connectivity index (χ2v) is 5.85. The molecule has 6 nitrogen and oxygen atoms in total. The minimum Gasteiger partial charge on any atom is -0.491 e. The van der Waals surface area contributed by atoms with Gasteiger partial charge in [-0.15, -0.1) is 0 Å². The Morgan fingerprint density at radius 1 is 1.20 bits per heavy atom. The van der Waals surface area contributed by atoms with Gasteiger partial charge in [-0.2, -0.15) is 5.10 Å². The Morgan fingerprint density at radius 3 is 3.00 bits per heavy atom. The first-order valence-corrected chi connectivity index (χ1v) is 8.15. The van der Waals surface area contributed by atoms with Crippen molar-refractivity contribution in [3.63, 3.8) is 0 Å². The lowest BCUT2D eigenvalue weighted by molar-refractivity contribution is 0.231. The molecule has 1 aliphatic heterocycles. The van der Waals surface area contributed by atoms with E-state index in [9.17, 15) is 4.79 Å². The highest BCUT2D eigenvalue weighted by molar-refractivity contribution is 5.74. The molecule has 2 heterocycles. The maximum absolute atomic E-state index is 12.2. The summed E-state index contributed by atoms with van der Waals surface area (Å²) in [4.78, 5) is 12.2. The number of hydrogen-bond donors (Lipinski definition) is 2. The minimum absolute atomic E-state index is 0.119. The van der Waals surface area contributed by atoms with Crippen LogP contribution in [0, 0.1) is 0 Å². The summed E-state index contributed by atoms with van der Waals surface area (Å²) in [6.07, 6.45) is 3.62. The Hall–Kier alpha value is -3.28. The fraction of sp³-hybridized carbons (Fsp3) is 0.158. The summed E-state index contributed by atoms with van der Waals surface area (Å²) in [6.45, 7) is 0.901. The van der Waals surface area contributed by atoms with Crippen molar-refractivity contribution in [1.29, 1.82) is 0 Å². The third-order valence-electron chi connectivity index (χ3n) is 4.14. The average Bonchev–Trinajstić information content (AvgIpc) is 3.31. The van der Waals surface area contributed by atoms with Crippen LogP contribution in [-0.4, -0.2) is 22.4 Å². The molecule has 1 aromatic heterocycles. The zero-order chi connectivity index (χ0) is 17.1. The van der Waals surface area contributed by atoms with Gasteiger partial charge in [-0.3, -0.25) is 0 Å². The Kier molecular flexibility index (Phi) is 4.08. The van der Waals surface area contributed by atoms with Crippen molar-refractivity contribution in [3.05, 3.63) is 78.1 Å². The van der Waals surface area contributed by atoms with Gasteiger partial charge in [0.1, 0.15) is 12.4 Å². The van der Waals surface area contributed by atoms with Crippen LogP contribution in [0.1, 0.15) is 17.2 Å². The Bertz CT molecular complexity index is 877. The Balaban J connectivity index is 1.36. The van der Waals surface area contributed by atoms with Crippen LogP contribution in [0.4, 0.5) is 4.79 Å². The molecule has 0 saturated heterocycles. The Labute approximate surface area is 145 Å². The van der Waals surface area contributed by atoms with Crippen LogP contribution >= 0.6 is 0 Å². The highest BCUT2D eigenvalue weighted by Crippen LogP contribution is 2.31. The van der Waals surface area contributed by atoms with Crippen molar-refractivity contribution < 1.29 is 9.53 Å². The number of carbonyl (C=O) groups excluding carboxylic acids is 1. The predicted octanol–water partition coefficient (Wildman–Crippen LogP) is 2.81. The fourth-order valence-electron chi connectivity index (χ4n) is 2.90. The zero-order valence-corrected chi connectivity index (χ0v) is 13.6. The van der Waals surface area contributed by atoms with E-state index >= 15 is 0 Å². The SMILES string of the molecule is O=C(NCc1cccc(-n2cccn2)c1)NC1COc2ccccc21. The minimum atomic E-state index is -0.213. The third kappa shape index (κ3) is 3.33. The van der Waals surface area contributed by atoms with E-state index in [2.05, 4.69) is 15.7 Å². The summed E-state index contributed by atoms with van der Waals surface area (Å²) in [5, 5.41) is 10.1. The number of nitrogens with zero attached hydrogens (tertiary/aromatic N) is 2. The molecule has 2 amide bonds. The van der Waals surface area contributed by atoms with Gasteiger partial charge in [-0.05, 0) is 29.8 Å². The number of hydrogen-bond acceptors (Lipinski definition) is 3. The molecule has 0 aliphatic carbocycles. The van der Waals surface area contributed by atoms with Gasteiger partial charge in [0.05, 0.1) is 11.7 Å². The fourth-order valence-corrected chi connectivity index (χ4v) is 2.90. The zero-order valence-electron chi connectivity index (χ0n) is 13.6. The smallest absolute Gasteiger partial charge is 0.315 e. The molecule has 4 rings (SSSR count). The molecule has 3 aromatic rings. The van der Waals surface area contributed by atoms with Crippen molar-refractivity contribution in [1.82, 2.24) is 20.4 Å². The normalized spacial score (nSPS) is 15.3. The molecule has 0 spiro atoms. The molecule has 1 aliphatic rings. The maximum Gasteiger partial charge on any atom is 0.315 e. The first kappa shape index (κ1) is 15.3. The number of amides is 2. The number of benzene rings is 2. The number of para-hydroxylation sites is 1. The molecule has 0 bridgehead atoms. The molecule has 0 saturated carbocycles. The summed E-state index contributed by atoms with van der Waals surface area (Å²) >= 11 is 0. The molecule has 0 fully saturated rings. The van der Waals surface area contributed by atoms with Gasteiger partial charge in [0, 0.05) is 24.5 Å². The third-order valence-corrected chi connectivity index (χ3v) is 4.14. The van der Waals surface area contributed by atoms with Gasteiger partial charge in [0.15, 0.2) is 0 Å². The number of rotatable bonds is 4. The van der Waals surface area contributed by atoms with Crippen LogP contribution in [0.5, 0.6) is 5.75 Å². The highest BCUT2D eigenvalue weighted by atomic mass is 16.5. The van der Waals surface area contributed by atoms with E-state index in [1.165, 1.54) is 0 Å². The van der Waals surface area contributed by atoms with Crippen molar-refractivity contribution in [2.45, 2.75) is 12.6 Å². The van der Waals surface area contributed by atoms with Crippen molar-refractivity contribution in [2.75, 3.05) is 6.61 Å². The molecule has 2 N–H and O–H groups in total. The molecular formula is C19H18N4O2. The monoisotopic (exact) mass is 334 g/mol. The van der Waals surface area contributed by atoms with E-state index in [1.807, 2.05) is 60.8 Å². The summed E-state index contributed by atoms with van der Waals surface area (Å²) in [6, 6.07) is 17.2. The lowest BCUT2D eigenvalue weighted by Crippen LogP contribution is -2.38. The van der Waals surface area contributed by atoms with Crippen molar-refractivity contribution in [2.24, 2.45) is 0 Å². The van der Waals surface area contributed by atoms with Gasteiger partial charge in [-0.1, -0.05) is 30.3 Å². The number of urea groups is 1. The second-order valence-electron chi connectivity index (χ2n) is 5.85. The average molecular weight is 334 g/mol. The molecule has 6 heteroatoms. The maximum atomic E-state index is 12.2. The number of carbonyl (C=O) groups is 1. The quantitative estimate of drug-likeness (QED) is 0.771. The first-order valence-electron chi connectivity index (χ1n) is 8.15. The molecule has 25 heavy (non-hydrogen) atoms. The largest absolute Gasteiger partial charge is 0.491 e. The van der Waals surface area contributed by atoms with Crippen LogP contribution in [0.3, 0.4) is 0 Å². The van der Waals surface area contributed by atoms with E-state index < -0.39 is 0 Å². The van der Waals surface area contributed by atoms with Gasteiger partial charge in [0.2, 0.25) is 0 Å².